The first-order valence-electron chi connectivity index (χ1n) is 3.91. The van der Waals surface area contributed by atoms with Gasteiger partial charge < -0.3 is 10.1 Å². The summed E-state index contributed by atoms with van der Waals surface area (Å²) in [6, 6.07) is 4.38. The number of halogens is 2. The number of rotatable bonds is 3. The van der Waals surface area contributed by atoms with E-state index in [9.17, 15) is 4.39 Å². The van der Waals surface area contributed by atoms with Crippen LogP contribution in [-0.4, -0.2) is 12.1 Å². The maximum atomic E-state index is 12.8. The standard InChI is InChI=1S/C9H11BrFNO/c1-6(10)13-9-5-7(11)3-4-8(9)12-2/h3-6,12H,1-2H3. The Morgan fingerprint density at radius 2 is 2.23 bits per heavy atom. The van der Waals surface area contributed by atoms with Gasteiger partial charge in [0.05, 0.1) is 5.69 Å². The molecule has 0 bridgehead atoms. The summed E-state index contributed by atoms with van der Waals surface area (Å²) >= 11 is 3.23. The lowest BCUT2D eigenvalue weighted by atomic mass is 10.3. The molecule has 1 aromatic carbocycles. The second-order valence-corrected chi connectivity index (χ2v) is 3.84. The third-order valence-electron chi connectivity index (χ3n) is 1.50. The first-order chi connectivity index (χ1) is 6.13. The maximum absolute atomic E-state index is 12.8. The van der Waals surface area contributed by atoms with Gasteiger partial charge in [0.25, 0.3) is 0 Å². The van der Waals surface area contributed by atoms with Crippen molar-refractivity contribution in [3.8, 4) is 5.75 Å². The largest absolute Gasteiger partial charge is 0.477 e. The summed E-state index contributed by atoms with van der Waals surface area (Å²) in [7, 11) is 1.76. The fourth-order valence-electron chi connectivity index (χ4n) is 0.975. The van der Waals surface area contributed by atoms with E-state index < -0.39 is 0 Å². The van der Waals surface area contributed by atoms with E-state index >= 15 is 0 Å². The molecule has 0 saturated heterocycles. The Balaban J connectivity index is 2.94. The zero-order valence-electron chi connectivity index (χ0n) is 7.47. The highest BCUT2D eigenvalue weighted by atomic mass is 79.9. The smallest absolute Gasteiger partial charge is 0.150 e. The molecule has 1 rings (SSSR count). The van der Waals surface area contributed by atoms with E-state index in [1.54, 1.807) is 13.1 Å². The van der Waals surface area contributed by atoms with Crippen molar-refractivity contribution < 1.29 is 9.13 Å². The second kappa shape index (κ2) is 4.46. The maximum Gasteiger partial charge on any atom is 0.150 e. The van der Waals surface area contributed by atoms with Gasteiger partial charge in [0, 0.05) is 13.1 Å². The molecule has 4 heteroatoms. The Labute approximate surface area is 85.2 Å². The molecule has 0 heterocycles. The van der Waals surface area contributed by atoms with Gasteiger partial charge in [-0.1, -0.05) is 0 Å². The summed E-state index contributed by atoms with van der Waals surface area (Å²) < 4.78 is 18.1. The lowest BCUT2D eigenvalue weighted by Crippen LogP contribution is -2.04. The molecule has 0 aliphatic rings. The van der Waals surface area contributed by atoms with Gasteiger partial charge in [-0.15, -0.1) is 0 Å². The molecule has 2 nitrogen and oxygen atoms in total. The predicted molar refractivity (Wildman–Crippen MR) is 55.0 cm³/mol. The van der Waals surface area contributed by atoms with Crippen LogP contribution in [-0.2, 0) is 0 Å². The summed E-state index contributed by atoms with van der Waals surface area (Å²) in [6.45, 7) is 1.82. The zero-order chi connectivity index (χ0) is 9.84. The normalized spacial score (nSPS) is 12.3. The van der Waals surface area contributed by atoms with Gasteiger partial charge in [-0.05, 0) is 35.0 Å². The number of nitrogens with one attached hydrogen (secondary N) is 1. The van der Waals surface area contributed by atoms with E-state index in [0.717, 1.165) is 5.69 Å². The van der Waals surface area contributed by atoms with Crippen molar-refractivity contribution >= 4 is 21.6 Å². The fraction of sp³-hybridized carbons (Fsp3) is 0.333. The van der Waals surface area contributed by atoms with Crippen LogP contribution in [0.2, 0.25) is 0 Å². The molecule has 0 aliphatic heterocycles. The average molecular weight is 248 g/mol. The minimum absolute atomic E-state index is 0.138. The molecule has 0 fully saturated rings. The van der Waals surface area contributed by atoms with Crippen LogP contribution in [0, 0.1) is 5.82 Å². The Bertz CT molecular complexity index is 291. The van der Waals surface area contributed by atoms with Gasteiger partial charge >= 0.3 is 0 Å². The Hall–Kier alpha value is -0.770. The molecule has 1 aromatic rings. The van der Waals surface area contributed by atoms with Gasteiger partial charge in [0.1, 0.15) is 11.6 Å². The summed E-state index contributed by atoms with van der Waals surface area (Å²) in [5.74, 6) is 0.203. The van der Waals surface area contributed by atoms with E-state index in [0.29, 0.717) is 5.75 Å². The molecule has 0 spiro atoms. The molecular weight excluding hydrogens is 237 g/mol. The Kier molecular flexibility index (Phi) is 3.54. The van der Waals surface area contributed by atoms with E-state index in [2.05, 4.69) is 21.2 Å². The molecule has 1 atom stereocenters. The van der Waals surface area contributed by atoms with Crippen LogP contribution < -0.4 is 10.1 Å². The molecule has 0 aromatic heterocycles. The highest BCUT2D eigenvalue weighted by molar-refractivity contribution is 9.09. The topological polar surface area (TPSA) is 21.3 Å². The van der Waals surface area contributed by atoms with Crippen molar-refractivity contribution in [2.75, 3.05) is 12.4 Å². The van der Waals surface area contributed by atoms with Crippen LogP contribution in [0.4, 0.5) is 10.1 Å². The highest BCUT2D eigenvalue weighted by Crippen LogP contribution is 2.26. The van der Waals surface area contributed by atoms with Crippen LogP contribution >= 0.6 is 15.9 Å². The van der Waals surface area contributed by atoms with Crippen molar-refractivity contribution in [2.24, 2.45) is 0 Å². The number of anilines is 1. The highest BCUT2D eigenvalue weighted by Gasteiger charge is 2.05. The summed E-state index contributed by atoms with van der Waals surface area (Å²) in [5.41, 5.74) is 0.771. The van der Waals surface area contributed by atoms with E-state index in [1.165, 1.54) is 12.1 Å². The van der Waals surface area contributed by atoms with Crippen LogP contribution in [0.1, 0.15) is 6.92 Å². The van der Waals surface area contributed by atoms with E-state index in [-0.39, 0.29) is 10.8 Å². The third kappa shape index (κ3) is 2.88. The van der Waals surface area contributed by atoms with Crippen molar-refractivity contribution in [1.82, 2.24) is 0 Å². The van der Waals surface area contributed by atoms with Gasteiger partial charge in [-0.25, -0.2) is 4.39 Å². The number of ether oxygens (including phenoxy) is 1. The summed E-state index contributed by atoms with van der Waals surface area (Å²) in [5, 5.41) is 2.78. The number of hydrogen-bond donors (Lipinski definition) is 1. The van der Waals surface area contributed by atoms with Gasteiger partial charge in [0.2, 0.25) is 0 Å². The SMILES string of the molecule is CNc1ccc(F)cc1OC(C)Br. The zero-order valence-corrected chi connectivity index (χ0v) is 9.06. The van der Waals surface area contributed by atoms with Crippen LogP contribution in [0.5, 0.6) is 5.75 Å². The molecule has 72 valence electrons. The van der Waals surface area contributed by atoms with E-state index in [4.69, 9.17) is 4.74 Å². The van der Waals surface area contributed by atoms with Gasteiger partial charge in [-0.2, -0.15) is 0 Å². The molecule has 1 N–H and O–H groups in total. The quantitative estimate of drug-likeness (QED) is 0.830. The monoisotopic (exact) mass is 247 g/mol. The molecule has 0 saturated carbocycles. The number of hydrogen-bond acceptors (Lipinski definition) is 2. The van der Waals surface area contributed by atoms with Crippen LogP contribution in [0.15, 0.2) is 18.2 Å². The van der Waals surface area contributed by atoms with Gasteiger partial charge in [0.15, 0.2) is 5.01 Å². The van der Waals surface area contributed by atoms with Crippen molar-refractivity contribution in [1.29, 1.82) is 0 Å². The number of benzene rings is 1. The average Bonchev–Trinajstić information content (AvgIpc) is 2.03. The second-order valence-electron chi connectivity index (χ2n) is 2.55. The van der Waals surface area contributed by atoms with Crippen molar-refractivity contribution in [2.45, 2.75) is 11.9 Å². The first kappa shape index (κ1) is 10.3. The Morgan fingerprint density at radius 3 is 2.77 bits per heavy atom. The third-order valence-corrected chi connectivity index (χ3v) is 1.69. The number of alkyl halides is 1. The molecular formula is C9H11BrFNO. The van der Waals surface area contributed by atoms with E-state index in [1.807, 2.05) is 6.92 Å². The molecule has 13 heavy (non-hydrogen) atoms. The fourth-order valence-corrected chi connectivity index (χ4v) is 1.18. The first-order valence-corrected chi connectivity index (χ1v) is 4.83. The molecule has 0 aliphatic carbocycles. The van der Waals surface area contributed by atoms with Crippen LogP contribution in [0.3, 0.4) is 0 Å². The van der Waals surface area contributed by atoms with Gasteiger partial charge in [-0.3, -0.25) is 0 Å². The minimum atomic E-state index is -0.304. The lowest BCUT2D eigenvalue weighted by Gasteiger charge is -2.12. The van der Waals surface area contributed by atoms with Crippen LogP contribution in [0.25, 0.3) is 0 Å². The van der Waals surface area contributed by atoms with Crippen molar-refractivity contribution in [3.05, 3.63) is 24.0 Å². The summed E-state index contributed by atoms with van der Waals surface area (Å²) in [4.78, 5) is 0. The minimum Gasteiger partial charge on any atom is -0.477 e. The molecule has 1 unspecified atom stereocenters. The summed E-state index contributed by atoms with van der Waals surface area (Å²) in [6.07, 6.45) is 0. The lowest BCUT2D eigenvalue weighted by molar-refractivity contribution is 0.314. The molecule has 0 amide bonds. The predicted octanol–water partition coefficient (Wildman–Crippen LogP) is 2.99. The Morgan fingerprint density at radius 1 is 1.54 bits per heavy atom. The molecule has 0 radical (unpaired) electrons. The van der Waals surface area contributed by atoms with Crippen molar-refractivity contribution in [3.63, 3.8) is 0 Å².